The van der Waals surface area contributed by atoms with Gasteiger partial charge in [-0.1, -0.05) is 245 Å². The van der Waals surface area contributed by atoms with Crippen molar-refractivity contribution in [3.63, 3.8) is 0 Å². The quantitative estimate of drug-likeness (QED) is 0.164. The summed E-state index contributed by atoms with van der Waals surface area (Å²) in [6, 6.07) is 0. The Hall–Kier alpha value is -0.981. The topological polar surface area (TPSA) is 259 Å². The molecule has 11 aliphatic rings. The van der Waals surface area contributed by atoms with Crippen molar-refractivity contribution in [1.82, 2.24) is 0 Å². The standard InChI is InChI=1S/C20H30B2N6O6S6.C18H26B2Cl2N6O6S4.2Fe/c1-3-5-7-21-29-23-15-18(38-12-9-35-15)26-32-22(8-6-4-2,33-27-19-16(24-30-21)36-10-13-39-19)34-28-20-17(25-31-21)37-11-14-40-20;1-3-5-7-19-29-23-13(21)14(22)24-30-20(8-6-4-2,33-27-17-15(25-31-19)35-9-11-37-17)34-28-18-16(26-32-19)36-10-12-38-18;;/h3-14H2,1-2H3;3-12H2,1-2H3;;/q2*-2;2*+2/b23-15-,24-16-,25-17-,26-18-,27-19-,28-20-;23-13-,24-14-,25-15-,26-16-,27-17-,28-18-;;. The van der Waals surface area contributed by atoms with Crippen LogP contribution in [0.4, 0.5) is 0 Å². The van der Waals surface area contributed by atoms with Crippen LogP contribution in [0, 0.1) is 0 Å². The molecule has 24 nitrogen and oxygen atoms in total. The van der Waals surface area contributed by atoms with Gasteiger partial charge < -0.3 is 57.1 Å². The van der Waals surface area contributed by atoms with E-state index in [1.807, 2.05) is 13.8 Å². The molecule has 5 saturated heterocycles. The second-order valence-electron chi connectivity index (χ2n) is 17.2. The van der Waals surface area contributed by atoms with E-state index >= 15 is 0 Å². The third-order valence-corrected chi connectivity index (χ3v) is 23.1. The zero-order valence-electron chi connectivity index (χ0n) is 43.7. The van der Waals surface area contributed by atoms with Gasteiger partial charge in [-0.3, -0.25) is 0 Å². The number of fused-ring (bicyclic) bond motifs is 13. The van der Waals surface area contributed by atoms with Gasteiger partial charge in [-0.05, 0) is 0 Å². The molecule has 0 spiro atoms. The second-order valence-corrected chi connectivity index (χ2v) is 28.8. The number of nitrogens with zero attached hydrogens (tertiary/aromatic N) is 12. The first-order valence-corrected chi connectivity index (χ1v) is 36.1. The van der Waals surface area contributed by atoms with Crippen LogP contribution in [0.1, 0.15) is 79.1 Å². The number of thioether (sulfide) groups is 10. The largest absolute Gasteiger partial charge is 2.00 e. The SMILES string of the molecule is CCCC[B-]12O/N=C(Cl)/C(Cl)=N/O[B-](CCCC)(O/N=C3\SCCS\C3=N/O1)O/N=C1\SCCS\C1=N/O2.CCCC[B-]12O/N=C3\SCCS\C3=N/O[B-](CCCC)(O/N=C3\SCCS\C3=N/O1)O/N=C1\SCCS\C1=N/O2.[Fe+2].[Fe+2]. The molecule has 0 aromatic heterocycles. The third-order valence-electron chi connectivity index (χ3n) is 11.1. The van der Waals surface area contributed by atoms with Crippen molar-refractivity contribution in [2.45, 2.75) is 104 Å². The van der Waals surface area contributed by atoms with Crippen LogP contribution in [0.5, 0.6) is 0 Å². The van der Waals surface area contributed by atoms with Crippen LogP contribution in [0.15, 0.2) is 61.9 Å². The summed E-state index contributed by atoms with van der Waals surface area (Å²) in [5.41, 5.74) is 0. The van der Waals surface area contributed by atoms with Crippen molar-refractivity contribution in [3.05, 3.63) is 0 Å². The normalized spacial score (nSPS) is 35.6. The summed E-state index contributed by atoms with van der Waals surface area (Å²) in [5, 5.41) is 56.7. The van der Waals surface area contributed by atoms with Crippen LogP contribution in [0.3, 0.4) is 0 Å². The van der Waals surface area contributed by atoms with Crippen LogP contribution in [0.2, 0.25) is 25.3 Å². The zero-order valence-corrected chi connectivity index (χ0v) is 55.6. The Kier molecular flexibility index (Phi) is 29.8. The van der Waals surface area contributed by atoms with Crippen LogP contribution < -0.4 is 0 Å². The maximum Gasteiger partial charge on any atom is 2.00 e. The molecule has 442 valence electrons. The van der Waals surface area contributed by atoms with Crippen LogP contribution >= 0.6 is 141 Å². The number of unbranched alkanes of at least 4 members (excludes halogenated alkanes) is 4. The van der Waals surface area contributed by atoms with Crippen molar-refractivity contribution >= 4 is 229 Å². The molecule has 11 heterocycles. The molecular formula is C38H56B4Cl2Fe2N12O12S10. The maximum atomic E-state index is 6.27. The monoisotopic (exact) mass is 1420 g/mol. The predicted octanol–water partition coefficient (Wildman–Crippen LogP) is 11.8. The van der Waals surface area contributed by atoms with Gasteiger partial charge in [0.05, 0.1) is 0 Å². The van der Waals surface area contributed by atoms with Crippen molar-refractivity contribution in [2.75, 3.05) is 57.5 Å². The first kappa shape index (κ1) is 68.1. The van der Waals surface area contributed by atoms with Gasteiger partial charge in [0.2, 0.25) is 10.3 Å². The fraction of sp³-hybridized carbons (Fsp3) is 0.684. The molecule has 0 saturated carbocycles. The second kappa shape index (κ2) is 35.0. The third kappa shape index (κ3) is 19.8. The van der Waals surface area contributed by atoms with Gasteiger partial charge in [0.1, 0.15) is 0 Å². The Labute approximate surface area is 538 Å². The fourth-order valence-electron chi connectivity index (χ4n) is 6.94. The predicted molar refractivity (Wildman–Crippen MR) is 340 cm³/mol. The summed E-state index contributed by atoms with van der Waals surface area (Å²) in [7, 11) is 0. The number of halogens is 2. The van der Waals surface area contributed by atoms with E-state index in [1.54, 1.807) is 0 Å². The van der Waals surface area contributed by atoms with E-state index in [4.69, 9.17) is 80.3 Å². The van der Waals surface area contributed by atoms with Crippen molar-refractivity contribution < 1.29 is 91.2 Å². The average molecular weight is 1420 g/mol. The molecule has 42 heteroatoms. The Morgan fingerprint density at radius 3 is 0.550 bits per heavy atom. The smallest absolute Gasteiger partial charge is 0.539 e. The van der Waals surface area contributed by atoms with E-state index < -0.39 is 27.0 Å². The number of hydrogen-bond acceptors (Lipinski definition) is 34. The first-order chi connectivity index (χ1) is 38.1. The van der Waals surface area contributed by atoms with E-state index in [0.717, 1.165) is 96.1 Å². The van der Waals surface area contributed by atoms with Gasteiger partial charge in [-0.25, -0.2) is 0 Å². The van der Waals surface area contributed by atoms with E-state index in [9.17, 15) is 0 Å². The Balaban J connectivity index is 0.000000252. The minimum atomic E-state index is -2.71. The summed E-state index contributed by atoms with van der Waals surface area (Å²) in [5.74, 6) is 8.12. The van der Waals surface area contributed by atoms with E-state index in [2.05, 4.69) is 75.7 Å². The maximum absolute atomic E-state index is 6.27. The molecule has 0 aromatic carbocycles. The molecule has 0 aliphatic carbocycles. The zero-order chi connectivity index (χ0) is 54.5. The molecule has 4 bridgehead atoms. The molecule has 0 unspecified atom stereocenters. The van der Waals surface area contributed by atoms with Gasteiger partial charge in [-0.2, -0.15) is 0 Å². The van der Waals surface area contributed by atoms with E-state index in [-0.39, 0.29) is 57.1 Å². The van der Waals surface area contributed by atoms with Gasteiger partial charge >= 0.3 is 61.2 Å². The van der Waals surface area contributed by atoms with E-state index in [1.165, 1.54) is 118 Å². The first-order valence-electron chi connectivity index (χ1n) is 25.5. The van der Waals surface area contributed by atoms with Gasteiger partial charge in [-0.15, -0.1) is 61.9 Å². The fourth-order valence-corrected chi connectivity index (χ4v) is 16.7. The number of oxime groups is 12. The molecule has 0 radical (unpaired) electrons. The molecule has 0 aromatic rings. The minimum absolute atomic E-state index is 0. The van der Waals surface area contributed by atoms with Crippen LogP contribution in [0.25, 0.3) is 0 Å². The van der Waals surface area contributed by atoms with Gasteiger partial charge in [0.25, 0.3) is 0 Å². The van der Waals surface area contributed by atoms with Crippen molar-refractivity contribution in [3.8, 4) is 0 Å². The molecule has 5 fully saturated rings. The minimum Gasteiger partial charge on any atom is -0.539 e. The molecule has 0 atom stereocenters. The summed E-state index contributed by atoms with van der Waals surface area (Å²) in [6.45, 7) is -2.39. The molecule has 0 amide bonds. The van der Waals surface area contributed by atoms with Gasteiger partial charge in [0.15, 0.2) is 50.4 Å². The average Bonchev–Trinajstić information content (AvgIpc) is 3.49. The molecule has 11 rings (SSSR count). The molecule has 11 aliphatic heterocycles. The Bertz CT molecular complexity index is 2180. The molecule has 80 heavy (non-hydrogen) atoms. The Morgan fingerprint density at radius 2 is 0.412 bits per heavy atom. The van der Waals surface area contributed by atoms with Gasteiger partial charge in [0, 0.05) is 57.5 Å². The molecule has 0 N–H and O–H groups in total. The number of hydrogen-bond donors (Lipinski definition) is 0. The summed E-state index contributed by atoms with van der Waals surface area (Å²) in [4.78, 5) is 0. The van der Waals surface area contributed by atoms with Crippen LogP contribution in [-0.2, 0) is 91.2 Å². The number of rotatable bonds is 12. The van der Waals surface area contributed by atoms with Crippen molar-refractivity contribution in [1.29, 1.82) is 0 Å². The summed E-state index contributed by atoms with van der Waals surface area (Å²) in [6.07, 6.45) is 7.51. The van der Waals surface area contributed by atoms with Crippen LogP contribution in [-0.4, -0.2) is 145 Å². The Morgan fingerprint density at radius 1 is 0.275 bits per heavy atom. The van der Waals surface area contributed by atoms with E-state index in [0.29, 0.717) is 75.9 Å². The summed E-state index contributed by atoms with van der Waals surface area (Å²) >= 11 is 27.4. The molecular weight excluding hydrogens is 1360 g/mol. The summed E-state index contributed by atoms with van der Waals surface area (Å²) < 4.78 is 72.2. The van der Waals surface area contributed by atoms with Crippen molar-refractivity contribution in [2.24, 2.45) is 61.9 Å².